The molecule has 0 unspecified atom stereocenters. The van der Waals surface area contributed by atoms with Crippen molar-refractivity contribution < 1.29 is 19.1 Å². The van der Waals surface area contributed by atoms with Crippen LogP contribution in [0.1, 0.15) is 37.6 Å². The molecule has 0 aliphatic carbocycles. The largest absolute Gasteiger partial charge is 0.493 e. The Hall–Kier alpha value is -2.44. The van der Waals surface area contributed by atoms with E-state index in [0.717, 1.165) is 0 Å². The van der Waals surface area contributed by atoms with Crippen LogP contribution in [-0.2, 0) is 4.79 Å². The average Bonchev–Trinajstić information content (AvgIpc) is 2.69. The number of anilines is 1. The number of nitrogens with zero attached hydrogens (tertiary/aromatic N) is 1. The highest BCUT2D eigenvalue weighted by molar-refractivity contribution is 6.35. The standard InChI is InChI=1S/C22H26Cl2N2O4/c1-5-10-26(13-21(27)25-18-12-16(23)7-8-17(18)24)22(28)15-6-9-19(30-14(2)3)20(11-15)29-4/h6-9,11-12,14H,5,10,13H2,1-4H3,(H,25,27). The average molecular weight is 453 g/mol. The van der Waals surface area contributed by atoms with Crippen LogP contribution in [0.15, 0.2) is 36.4 Å². The first-order chi connectivity index (χ1) is 14.2. The molecule has 6 nitrogen and oxygen atoms in total. The van der Waals surface area contributed by atoms with Gasteiger partial charge in [0.2, 0.25) is 5.91 Å². The smallest absolute Gasteiger partial charge is 0.254 e. The third kappa shape index (κ3) is 6.54. The number of halogens is 2. The van der Waals surface area contributed by atoms with Crippen LogP contribution in [0.25, 0.3) is 0 Å². The number of benzene rings is 2. The van der Waals surface area contributed by atoms with Crippen LogP contribution < -0.4 is 14.8 Å². The van der Waals surface area contributed by atoms with Crippen molar-refractivity contribution in [2.24, 2.45) is 0 Å². The minimum atomic E-state index is -0.368. The van der Waals surface area contributed by atoms with E-state index >= 15 is 0 Å². The van der Waals surface area contributed by atoms with E-state index in [-0.39, 0.29) is 24.5 Å². The van der Waals surface area contributed by atoms with Crippen molar-refractivity contribution in [3.63, 3.8) is 0 Å². The molecule has 2 aromatic rings. The molecule has 0 aliphatic heterocycles. The zero-order valence-electron chi connectivity index (χ0n) is 17.5. The van der Waals surface area contributed by atoms with Gasteiger partial charge >= 0.3 is 0 Å². The van der Waals surface area contributed by atoms with Crippen molar-refractivity contribution in [1.82, 2.24) is 4.90 Å². The first-order valence-corrected chi connectivity index (χ1v) is 10.4. The van der Waals surface area contributed by atoms with Gasteiger partial charge in [-0.25, -0.2) is 0 Å². The Bertz CT molecular complexity index is 903. The van der Waals surface area contributed by atoms with Gasteiger partial charge in [0.05, 0.1) is 23.9 Å². The molecular formula is C22H26Cl2N2O4. The fraction of sp³-hybridized carbons (Fsp3) is 0.364. The van der Waals surface area contributed by atoms with Crippen LogP contribution in [0, 0.1) is 0 Å². The maximum atomic E-state index is 13.0. The molecule has 0 fully saturated rings. The number of methoxy groups -OCH3 is 1. The second kappa shape index (κ2) is 11.1. The highest BCUT2D eigenvalue weighted by Gasteiger charge is 2.20. The van der Waals surface area contributed by atoms with Crippen molar-refractivity contribution in [3.05, 3.63) is 52.0 Å². The lowest BCUT2D eigenvalue weighted by atomic mass is 10.1. The molecule has 0 saturated carbocycles. The number of carbonyl (C=O) groups excluding carboxylic acids is 2. The Labute approximate surface area is 187 Å². The summed E-state index contributed by atoms with van der Waals surface area (Å²) in [4.78, 5) is 27.1. The van der Waals surface area contributed by atoms with Crippen LogP contribution in [-0.4, -0.2) is 43.0 Å². The van der Waals surface area contributed by atoms with E-state index in [1.807, 2.05) is 20.8 Å². The number of hydrogen-bond donors (Lipinski definition) is 1. The third-order valence-electron chi connectivity index (χ3n) is 4.09. The number of hydrogen-bond acceptors (Lipinski definition) is 4. The fourth-order valence-electron chi connectivity index (χ4n) is 2.81. The van der Waals surface area contributed by atoms with Crippen molar-refractivity contribution in [2.45, 2.75) is 33.3 Å². The molecule has 0 bridgehead atoms. The van der Waals surface area contributed by atoms with Crippen molar-refractivity contribution in [3.8, 4) is 11.5 Å². The predicted molar refractivity (Wildman–Crippen MR) is 120 cm³/mol. The molecule has 0 spiro atoms. The Morgan fingerprint density at radius 2 is 1.83 bits per heavy atom. The molecule has 0 radical (unpaired) electrons. The number of rotatable bonds is 9. The van der Waals surface area contributed by atoms with E-state index in [1.165, 1.54) is 12.0 Å². The number of carbonyl (C=O) groups is 2. The quantitative estimate of drug-likeness (QED) is 0.561. The maximum Gasteiger partial charge on any atom is 0.254 e. The van der Waals surface area contributed by atoms with Gasteiger partial charge in [0, 0.05) is 17.1 Å². The molecule has 0 aromatic heterocycles. The summed E-state index contributed by atoms with van der Waals surface area (Å²) in [5.74, 6) is 0.367. The Morgan fingerprint density at radius 3 is 2.47 bits per heavy atom. The Kier molecular flexibility index (Phi) is 8.81. The normalized spacial score (nSPS) is 10.6. The van der Waals surface area contributed by atoms with Crippen molar-refractivity contribution >= 4 is 40.7 Å². The zero-order valence-corrected chi connectivity index (χ0v) is 19.0. The predicted octanol–water partition coefficient (Wildman–Crippen LogP) is 5.28. The van der Waals surface area contributed by atoms with Gasteiger partial charge in [-0.05, 0) is 56.7 Å². The topological polar surface area (TPSA) is 67.9 Å². The lowest BCUT2D eigenvalue weighted by Gasteiger charge is -2.22. The van der Waals surface area contributed by atoms with Gasteiger partial charge in [-0.15, -0.1) is 0 Å². The minimum absolute atomic E-state index is 0.0287. The van der Waals surface area contributed by atoms with Gasteiger partial charge in [-0.3, -0.25) is 9.59 Å². The molecular weight excluding hydrogens is 427 g/mol. The van der Waals surface area contributed by atoms with Crippen molar-refractivity contribution in [1.29, 1.82) is 0 Å². The van der Waals surface area contributed by atoms with E-state index in [2.05, 4.69) is 5.32 Å². The number of nitrogens with one attached hydrogen (secondary N) is 1. The highest BCUT2D eigenvalue weighted by Crippen LogP contribution is 2.29. The van der Waals surface area contributed by atoms with E-state index in [9.17, 15) is 9.59 Å². The Morgan fingerprint density at radius 1 is 1.10 bits per heavy atom. The first kappa shape index (κ1) is 23.8. The molecule has 2 amide bonds. The summed E-state index contributed by atoms with van der Waals surface area (Å²) in [6, 6.07) is 9.77. The van der Waals surface area contributed by atoms with Crippen LogP contribution in [0.5, 0.6) is 11.5 Å². The second-order valence-electron chi connectivity index (χ2n) is 6.93. The summed E-state index contributed by atoms with van der Waals surface area (Å²) in [6.45, 7) is 6.05. The summed E-state index contributed by atoms with van der Waals surface area (Å²) in [7, 11) is 1.52. The molecule has 30 heavy (non-hydrogen) atoms. The first-order valence-electron chi connectivity index (χ1n) is 9.64. The molecule has 2 rings (SSSR count). The van der Waals surface area contributed by atoms with Gasteiger partial charge < -0.3 is 19.7 Å². The van der Waals surface area contributed by atoms with Crippen LogP contribution in [0.4, 0.5) is 5.69 Å². The van der Waals surface area contributed by atoms with Crippen LogP contribution in [0.2, 0.25) is 10.0 Å². The van der Waals surface area contributed by atoms with E-state index in [4.69, 9.17) is 32.7 Å². The summed E-state index contributed by atoms with van der Waals surface area (Å²) in [5.41, 5.74) is 0.805. The van der Waals surface area contributed by atoms with E-state index in [1.54, 1.807) is 36.4 Å². The summed E-state index contributed by atoms with van der Waals surface area (Å²) in [6.07, 6.45) is 0.668. The summed E-state index contributed by atoms with van der Waals surface area (Å²) < 4.78 is 11.1. The molecule has 1 N–H and O–H groups in total. The lowest BCUT2D eigenvalue weighted by molar-refractivity contribution is -0.116. The third-order valence-corrected chi connectivity index (χ3v) is 4.66. The molecule has 0 heterocycles. The molecule has 8 heteroatoms. The van der Waals surface area contributed by atoms with Gasteiger partial charge in [0.1, 0.15) is 6.54 Å². The van der Waals surface area contributed by atoms with Crippen LogP contribution in [0.3, 0.4) is 0 Å². The second-order valence-corrected chi connectivity index (χ2v) is 7.77. The van der Waals surface area contributed by atoms with Gasteiger partial charge in [-0.2, -0.15) is 0 Å². The highest BCUT2D eigenvalue weighted by atomic mass is 35.5. The van der Waals surface area contributed by atoms with Gasteiger partial charge in [-0.1, -0.05) is 30.1 Å². The molecule has 162 valence electrons. The molecule has 2 aromatic carbocycles. The lowest BCUT2D eigenvalue weighted by Crippen LogP contribution is -2.38. The zero-order chi connectivity index (χ0) is 22.3. The Balaban J connectivity index is 2.17. The number of ether oxygens (including phenoxy) is 2. The van der Waals surface area contributed by atoms with E-state index in [0.29, 0.717) is 45.8 Å². The molecule has 0 aliphatic rings. The van der Waals surface area contributed by atoms with E-state index < -0.39 is 0 Å². The number of amides is 2. The summed E-state index contributed by atoms with van der Waals surface area (Å²) >= 11 is 12.1. The summed E-state index contributed by atoms with van der Waals surface area (Å²) in [5, 5.41) is 3.52. The SMILES string of the molecule is CCCN(CC(=O)Nc1cc(Cl)ccc1Cl)C(=O)c1ccc(OC(C)C)c(OC)c1. The van der Waals surface area contributed by atoms with Crippen LogP contribution >= 0.6 is 23.2 Å². The maximum absolute atomic E-state index is 13.0. The molecule has 0 atom stereocenters. The van der Waals surface area contributed by atoms with Gasteiger partial charge in [0.25, 0.3) is 5.91 Å². The van der Waals surface area contributed by atoms with Gasteiger partial charge in [0.15, 0.2) is 11.5 Å². The monoisotopic (exact) mass is 452 g/mol. The van der Waals surface area contributed by atoms with Crippen molar-refractivity contribution in [2.75, 3.05) is 25.5 Å². The molecule has 0 saturated heterocycles. The fourth-order valence-corrected chi connectivity index (χ4v) is 3.15. The minimum Gasteiger partial charge on any atom is -0.493 e.